The molecule has 0 aromatic rings. The van der Waals surface area contributed by atoms with Crippen molar-refractivity contribution in [2.75, 3.05) is 13.7 Å². The van der Waals surface area contributed by atoms with Crippen molar-refractivity contribution < 1.29 is 19.1 Å². The molecule has 0 amide bonds. The number of hydrogen-bond acceptors (Lipinski definition) is 4. The molecule has 0 heterocycles. The van der Waals surface area contributed by atoms with Gasteiger partial charge in [0.05, 0.1) is 0 Å². The lowest BCUT2D eigenvalue weighted by molar-refractivity contribution is -0.158. The summed E-state index contributed by atoms with van der Waals surface area (Å²) in [5.74, 6) is -0.612. The molecular weight excluding hydrogens is 184 g/mol. The molecule has 0 aromatic heterocycles. The molecule has 14 heavy (non-hydrogen) atoms. The molecule has 0 aliphatic heterocycles. The Balaban J connectivity index is 3.96. The maximum atomic E-state index is 11.4. The number of ketones is 1. The highest BCUT2D eigenvalue weighted by molar-refractivity contribution is 5.87. The Morgan fingerprint density at radius 1 is 1.29 bits per heavy atom. The quantitative estimate of drug-likeness (QED) is 0.642. The third kappa shape index (κ3) is 4.37. The Kier molecular flexibility index (Phi) is 4.77. The highest BCUT2D eigenvalue weighted by Crippen LogP contribution is 2.14. The molecule has 1 atom stereocenters. The van der Waals surface area contributed by atoms with E-state index in [0.717, 1.165) is 0 Å². The molecule has 0 aliphatic rings. The minimum Gasteiger partial charge on any atom is -0.456 e. The van der Waals surface area contributed by atoms with Gasteiger partial charge in [-0.2, -0.15) is 0 Å². The Morgan fingerprint density at radius 3 is 2.14 bits per heavy atom. The molecule has 0 saturated carbocycles. The predicted octanol–water partition coefficient (Wildman–Crippen LogP) is 1.18. The molecular formula is C10H18O4. The van der Waals surface area contributed by atoms with Gasteiger partial charge in [0.1, 0.15) is 0 Å². The van der Waals surface area contributed by atoms with Gasteiger partial charge in [0.25, 0.3) is 0 Å². The minimum atomic E-state index is -0.622. The van der Waals surface area contributed by atoms with Crippen LogP contribution in [0.15, 0.2) is 0 Å². The third-order valence-corrected chi connectivity index (χ3v) is 1.87. The van der Waals surface area contributed by atoms with Crippen molar-refractivity contribution in [2.24, 2.45) is 5.41 Å². The van der Waals surface area contributed by atoms with Gasteiger partial charge in [-0.15, -0.1) is 0 Å². The van der Waals surface area contributed by atoms with Gasteiger partial charge in [-0.1, -0.05) is 20.8 Å². The topological polar surface area (TPSA) is 52.6 Å². The van der Waals surface area contributed by atoms with Crippen molar-refractivity contribution in [3.8, 4) is 0 Å². The van der Waals surface area contributed by atoms with Gasteiger partial charge in [-0.25, -0.2) is 4.79 Å². The third-order valence-electron chi connectivity index (χ3n) is 1.87. The summed E-state index contributed by atoms with van der Waals surface area (Å²) in [6.45, 7) is 6.73. The number of Topliss-reactive ketones (excluding diaryl/α,β-unsaturated/α-hetero) is 1. The zero-order chi connectivity index (χ0) is 11.4. The van der Waals surface area contributed by atoms with Crippen molar-refractivity contribution in [1.82, 2.24) is 0 Å². The van der Waals surface area contributed by atoms with Crippen molar-refractivity contribution in [3.63, 3.8) is 0 Å². The maximum absolute atomic E-state index is 11.4. The second-order valence-electron chi connectivity index (χ2n) is 4.16. The maximum Gasteiger partial charge on any atom is 0.335 e. The average molecular weight is 202 g/mol. The summed E-state index contributed by atoms with van der Waals surface area (Å²) in [7, 11) is 1.41. The normalized spacial score (nSPS) is 13.5. The Hall–Kier alpha value is -0.900. The monoisotopic (exact) mass is 202 g/mol. The van der Waals surface area contributed by atoms with Crippen LogP contribution in [0.25, 0.3) is 0 Å². The average Bonchev–Trinajstić information content (AvgIpc) is 2.10. The second kappa shape index (κ2) is 5.10. The molecule has 0 fully saturated rings. The first-order valence-corrected chi connectivity index (χ1v) is 4.51. The van der Waals surface area contributed by atoms with E-state index in [1.807, 2.05) is 0 Å². The van der Waals surface area contributed by atoms with E-state index in [-0.39, 0.29) is 12.4 Å². The van der Waals surface area contributed by atoms with Crippen LogP contribution in [0.2, 0.25) is 0 Å². The minimum absolute atomic E-state index is 0.103. The summed E-state index contributed by atoms with van der Waals surface area (Å²) >= 11 is 0. The van der Waals surface area contributed by atoms with Gasteiger partial charge in [0.2, 0.25) is 0 Å². The lowest BCUT2D eigenvalue weighted by Gasteiger charge is -2.17. The fourth-order valence-corrected chi connectivity index (χ4v) is 0.567. The molecule has 0 aliphatic carbocycles. The fraction of sp³-hybridized carbons (Fsp3) is 0.800. The molecule has 0 bridgehead atoms. The summed E-state index contributed by atoms with van der Waals surface area (Å²) in [6, 6.07) is 0. The van der Waals surface area contributed by atoms with E-state index in [1.54, 1.807) is 27.7 Å². The zero-order valence-corrected chi connectivity index (χ0v) is 9.42. The largest absolute Gasteiger partial charge is 0.456 e. The van der Waals surface area contributed by atoms with Crippen molar-refractivity contribution in [2.45, 2.75) is 33.8 Å². The molecule has 1 unspecified atom stereocenters. The van der Waals surface area contributed by atoms with E-state index in [0.29, 0.717) is 0 Å². The van der Waals surface area contributed by atoms with E-state index in [2.05, 4.69) is 0 Å². The van der Waals surface area contributed by atoms with Crippen molar-refractivity contribution in [1.29, 1.82) is 0 Å². The van der Waals surface area contributed by atoms with Crippen LogP contribution >= 0.6 is 0 Å². The van der Waals surface area contributed by atoms with Crippen LogP contribution < -0.4 is 0 Å². The van der Waals surface area contributed by atoms with Gasteiger partial charge in [-0.05, 0) is 6.92 Å². The van der Waals surface area contributed by atoms with Crippen LogP contribution in [0.5, 0.6) is 0 Å². The number of esters is 1. The zero-order valence-electron chi connectivity index (χ0n) is 9.42. The molecule has 4 nitrogen and oxygen atoms in total. The van der Waals surface area contributed by atoms with Gasteiger partial charge in [0.15, 0.2) is 18.5 Å². The molecule has 0 saturated heterocycles. The molecule has 0 N–H and O–H groups in total. The highest BCUT2D eigenvalue weighted by atomic mass is 16.6. The number of ether oxygens (including phenoxy) is 2. The number of methoxy groups -OCH3 is 1. The summed E-state index contributed by atoms with van der Waals surface area (Å²) in [6.07, 6.45) is -0.622. The van der Waals surface area contributed by atoms with Crippen LogP contribution in [-0.2, 0) is 19.1 Å². The van der Waals surface area contributed by atoms with Crippen LogP contribution in [0.3, 0.4) is 0 Å². The Morgan fingerprint density at radius 2 is 1.79 bits per heavy atom. The fourth-order valence-electron chi connectivity index (χ4n) is 0.567. The van der Waals surface area contributed by atoms with Gasteiger partial charge in [-0.3, -0.25) is 4.79 Å². The Labute approximate surface area is 84.6 Å². The number of carbonyl (C=O) groups is 2. The first kappa shape index (κ1) is 13.1. The number of hydrogen-bond donors (Lipinski definition) is 0. The van der Waals surface area contributed by atoms with Crippen LogP contribution in [0, 0.1) is 5.41 Å². The van der Waals surface area contributed by atoms with E-state index in [4.69, 9.17) is 9.47 Å². The number of carbonyl (C=O) groups excluding carboxylic acids is 2. The van der Waals surface area contributed by atoms with Crippen LogP contribution in [0.1, 0.15) is 27.7 Å². The summed E-state index contributed by atoms with van der Waals surface area (Å²) in [5.41, 5.74) is -0.476. The smallest absolute Gasteiger partial charge is 0.335 e. The highest BCUT2D eigenvalue weighted by Gasteiger charge is 2.23. The SMILES string of the molecule is COC(C)C(=O)OCC(=O)C(C)(C)C. The predicted molar refractivity (Wildman–Crippen MR) is 51.9 cm³/mol. The summed E-state index contributed by atoms with van der Waals surface area (Å²) in [5, 5.41) is 0. The standard InChI is InChI=1S/C10H18O4/c1-7(13-5)9(12)14-6-8(11)10(2,3)4/h7H,6H2,1-5H3. The lowest BCUT2D eigenvalue weighted by Crippen LogP contribution is -2.29. The van der Waals surface area contributed by atoms with Crippen molar-refractivity contribution >= 4 is 11.8 Å². The molecule has 0 spiro atoms. The van der Waals surface area contributed by atoms with E-state index < -0.39 is 17.5 Å². The summed E-state index contributed by atoms with van der Waals surface area (Å²) in [4.78, 5) is 22.5. The molecule has 0 radical (unpaired) electrons. The molecule has 82 valence electrons. The van der Waals surface area contributed by atoms with Crippen LogP contribution in [0.4, 0.5) is 0 Å². The van der Waals surface area contributed by atoms with Crippen LogP contribution in [-0.4, -0.2) is 31.6 Å². The van der Waals surface area contributed by atoms with Gasteiger partial charge >= 0.3 is 5.97 Å². The second-order valence-corrected chi connectivity index (χ2v) is 4.16. The van der Waals surface area contributed by atoms with Gasteiger partial charge in [0, 0.05) is 12.5 Å². The molecule has 4 heteroatoms. The van der Waals surface area contributed by atoms with Crippen molar-refractivity contribution in [3.05, 3.63) is 0 Å². The summed E-state index contributed by atoms with van der Waals surface area (Å²) < 4.78 is 9.51. The molecule has 0 aromatic carbocycles. The van der Waals surface area contributed by atoms with E-state index >= 15 is 0 Å². The Bertz CT molecular complexity index is 215. The first-order chi connectivity index (χ1) is 6.29. The van der Waals surface area contributed by atoms with E-state index in [1.165, 1.54) is 7.11 Å². The van der Waals surface area contributed by atoms with Gasteiger partial charge < -0.3 is 9.47 Å². The lowest BCUT2D eigenvalue weighted by atomic mass is 9.91. The number of rotatable bonds is 4. The molecule has 0 rings (SSSR count). The first-order valence-electron chi connectivity index (χ1n) is 4.51. The van der Waals surface area contributed by atoms with E-state index in [9.17, 15) is 9.59 Å².